The van der Waals surface area contributed by atoms with E-state index in [2.05, 4.69) is 36.1 Å². The number of aromatic amines is 1. The molecule has 1 atom stereocenters. The predicted octanol–water partition coefficient (Wildman–Crippen LogP) is 2.23. The van der Waals surface area contributed by atoms with Crippen LogP contribution in [0.1, 0.15) is 19.8 Å². The van der Waals surface area contributed by atoms with Crippen molar-refractivity contribution in [2.45, 2.75) is 25.8 Å². The van der Waals surface area contributed by atoms with Crippen molar-refractivity contribution in [2.24, 2.45) is 11.1 Å². The first-order valence-electron chi connectivity index (χ1n) is 8.53. The minimum atomic E-state index is -0.462. The third-order valence-electron chi connectivity index (χ3n) is 5.04. The van der Waals surface area contributed by atoms with Crippen LogP contribution in [0.3, 0.4) is 0 Å². The average Bonchev–Trinajstić information content (AvgIpc) is 2.95. The molecule has 4 heterocycles. The lowest BCUT2D eigenvalue weighted by molar-refractivity contribution is -0.151. The molecule has 2 aliphatic heterocycles. The van der Waals surface area contributed by atoms with Crippen LogP contribution in [0, 0.1) is 5.41 Å². The molecule has 0 spiro atoms. The Morgan fingerprint density at radius 2 is 2.36 bits per heavy atom. The fourth-order valence-electron chi connectivity index (χ4n) is 3.49. The minimum Gasteiger partial charge on any atom is -0.379 e. The van der Waals surface area contributed by atoms with Crippen LogP contribution in [0.15, 0.2) is 16.9 Å². The Morgan fingerprint density at radius 3 is 3.04 bits per heavy atom. The molecule has 1 amide bonds. The lowest BCUT2D eigenvalue weighted by Crippen LogP contribution is -2.49. The standard InChI is InChI=1S/C17H22BrN5O2/c1-17(8-25-9-17)16(24)22-12-6-21-15-13(12)14(11(18)5-20-15)23-4-2-3-10(19)7-23/h5-6,10H,2-4,7-9,19H2,1H3,(H,20,21)(H,22,24)/t10-/m0/s1. The normalized spacial score (nSPS) is 22.7. The number of nitrogens with zero attached hydrogens (tertiary/aromatic N) is 2. The van der Waals surface area contributed by atoms with Crippen molar-refractivity contribution in [3.63, 3.8) is 0 Å². The molecule has 2 aromatic heterocycles. The van der Waals surface area contributed by atoms with E-state index in [0.717, 1.165) is 52.8 Å². The SMILES string of the molecule is CC1(C(=O)Nc2c[nH]c3ncc(Br)c(N4CCC[C@H](N)C4)c23)COC1. The number of pyridine rings is 1. The first-order valence-corrected chi connectivity index (χ1v) is 9.32. The third kappa shape index (κ3) is 2.92. The van der Waals surface area contributed by atoms with Gasteiger partial charge < -0.3 is 25.7 Å². The summed E-state index contributed by atoms with van der Waals surface area (Å²) in [6.07, 6.45) is 5.69. The summed E-state index contributed by atoms with van der Waals surface area (Å²) in [5.41, 5.74) is 8.24. The number of ether oxygens (including phenoxy) is 1. The Morgan fingerprint density at radius 1 is 1.56 bits per heavy atom. The molecule has 25 heavy (non-hydrogen) atoms. The maximum atomic E-state index is 12.6. The molecule has 0 saturated carbocycles. The number of hydrogen-bond donors (Lipinski definition) is 3. The van der Waals surface area contributed by atoms with Crippen molar-refractivity contribution < 1.29 is 9.53 Å². The predicted molar refractivity (Wildman–Crippen MR) is 101 cm³/mol. The van der Waals surface area contributed by atoms with Crippen LogP contribution in [0.2, 0.25) is 0 Å². The zero-order valence-corrected chi connectivity index (χ0v) is 15.7. The number of hydrogen-bond acceptors (Lipinski definition) is 5. The number of amides is 1. The van der Waals surface area contributed by atoms with Crippen molar-refractivity contribution >= 4 is 44.2 Å². The summed E-state index contributed by atoms with van der Waals surface area (Å²) in [6.45, 7) is 4.56. The highest BCUT2D eigenvalue weighted by atomic mass is 79.9. The maximum absolute atomic E-state index is 12.6. The van der Waals surface area contributed by atoms with E-state index in [1.165, 1.54) is 0 Å². The van der Waals surface area contributed by atoms with Gasteiger partial charge in [-0.25, -0.2) is 4.98 Å². The van der Waals surface area contributed by atoms with E-state index < -0.39 is 5.41 Å². The fraction of sp³-hybridized carbons (Fsp3) is 0.529. The lowest BCUT2D eigenvalue weighted by Gasteiger charge is -2.36. The summed E-state index contributed by atoms with van der Waals surface area (Å²) in [4.78, 5) is 22.5. The number of carbonyl (C=O) groups excluding carboxylic acids is 1. The van der Waals surface area contributed by atoms with Crippen LogP contribution in [-0.2, 0) is 9.53 Å². The van der Waals surface area contributed by atoms with Gasteiger partial charge in [0.05, 0.1) is 39.9 Å². The summed E-state index contributed by atoms with van der Waals surface area (Å²) >= 11 is 3.63. The second kappa shape index (κ2) is 6.26. The minimum absolute atomic E-state index is 0.0269. The van der Waals surface area contributed by atoms with E-state index in [-0.39, 0.29) is 11.9 Å². The largest absolute Gasteiger partial charge is 0.379 e. The van der Waals surface area contributed by atoms with Gasteiger partial charge >= 0.3 is 0 Å². The monoisotopic (exact) mass is 407 g/mol. The molecule has 0 aliphatic carbocycles. The number of H-pyrrole nitrogens is 1. The van der Waals surface area contributed by atoms with Gasteiger partial charge in [-0.3, -0.25) is 4.79 Å². The Bertz CT molecular complexity index is 817. The fourth-order valence-corrected chi connectivity index (χ4v) is 4.04. The first kappa shape index (κ1) is 16.8. The molecule has 0 bridgehead atoms. The number of anilines is 2. The molecule has 0 aromatic carbocycles. The van der Waals surface area contributed by atoms with Gasteiger partial charge in [0.2, 0.25) is 5.91 Å². The van der Waals surface area contributed by atoms with Crippen LogP contribution in [0.4, 0.5) is 11.4 Å². The van der Waals surface area contributed by atoms with Crippen molar-refractivity contribution in [3.05, 3.63) is 16.9 Å². The van der Waals surface area contributed by atoms with Gasteiger partial charge in [-0.1, -0.05) is 0 Å². The number of carbonyl (C=O) groups is 1. The molecule has 4 rings (SSSR count). The molecule has 0 radical (unpaired) electrons. The second-order valence-electron chi connectivity index (χ2n) is 7.24. The quantitative estimate of drug-likeness (QED) is 0.724. The number of piperidine rings is 1. The second-order valence-corrected chi connectivity index (χ2v) is 8.09. The summed E-state index contributed by atoms with van der Waals surface area (Å²) in [7, 11) is 0. The number of rotatable bonds is 3. The molecule has 4 N–H and O–H groups in total. The molecular weight excluding hydrogens is 386 g/mol. The molecule has 8 heteroatoms. The van der Waals surface area contributed by atoms with Crippen LogP contribution < -0.4 is 16.0 Å². The van der Waals surface area contributed by atoms with E-state index in [1.807, 2.05) is 6.92 Å². The third-order valence-corrected chi connectivity index (χ3v) is 5.62. The smallest absolute Gasteiger partial charge is 0.235 e. The van der Waals surface area contributed by atoms with E-state index >= 15 is 0 Å². The Hall–Kier alpha value is -1.64. The molecule has 2 fully saturated rings. The zero-order chi connectivity index (χ0) is 17.6. The summed E-state index contributed by atoms with van der Waals surface area (Å²) in [5, 5.41) is 3.97. The van der Waals surface area contributed by atoms with Gasteiger partial charge in [0, 0.05) is 31.5 Å². The molecule has 2 aromatic rings. The van der Waals surface area contributed by atoms with E-state index in [4.69, 9.17) is 10.5 Å². The summed E-state index contributed by atoms with van der Waals surface area (Å²) in [5.74, 6) is -0.0269. The van der Waals surface area contributed by atoms with Crippen molar-refractivity contribution in [1.29, 1.82) is 0 Å². The number of nitrogens with two attached hydrogens (primary N) is 1. The highest BCUT2D eigenvalue weighted by molar-refractivity contribution is 9.10. The Balaban J connectivity index is 1.73. The number of aromatic nitrogens is 2. The number of nitrogens with one attached hydrogen (secondary N) is 2. The van der Waals surface area contributed by atoms with E-state index in [9.17, 15) is 4.79 Å². The molecule has 2 saturated heterocycles. The molecule has 7 nitrogen and oxygen atoms in total. The Labute approximate surface area is 154 Å². The number of fused-ring (bicyclic) bond motifs is 1. The maximum Gasteiger partial charge on any atom is 0.235 e. The average molecular weight is 408 g/mol. The van der Waals surface area contributed by atoms with Crippen molar-refractivity contribution in [2.75, 3.05) is 36.5 Å². The van der Waals surface area contributed by atoms with Gasteiger partial charge in [-0.15, -0.1) is 0 Å². The van der Waals surface area contributed by atoms with Crippen LogP contribution in [0.25, 0.3) is 11.0 Å². The first-order chi connectivity index (χ1) is 12.0. The van der Waals surface area contributed by atoms with E-state index in [0.29, 0.717) is 13.2 Å². The topological polar surface area (TPSA) is 96.3 Å². The van der Waals surface area contributed by atoms with Gasteiger partial charge in [0.25, 0.3) is 0 Å². The van der Waals surface area contributed by atoms with Crippen LogP contribution >= 0.6 is 15.9 Å². The zero-order valence-electron chi connectivity index (χ0n) is 14.1. The van der Waals surface area contributed by atoms with Gasteiger partial charge in [0.15, 0.2) is 0 Å². The summed E-state index contributed by atoms with van der Waals surface area (Å²) < 4.78 is 6.11. The Kier molecular flexibility index (Phi) is 4.21. The highest BCUT2D eigenvalue weighted by Gasteiger charge is 2.41. The summed E-state index contributed by atoms with van der Waals surface area (Å²) in [6, 6.07) is 0.159. The van der Waals surface area contributed by atoms with E-state index in [1.54, 1.807) is 12.4 Å². The molecular formula is C17H22BrN5O2. The molecule has 2 aliphatic rings. The van der Waals surface area contributed by atoms with Gasteiger partial charge in [-0.05, 0) is 35.7 Å². The van der Waals surface area contributed by atoms with Crippen LogP contribution in [0.5, 0.6) is 0 Å². The number of halogens is 1. The van der Waals surface area contributed by atoms with Crippen molar-refractivity contribution in [1.82, 2.24) is 9.97 Å². The molecule has 134 valence electrons. The van der Waals surface area contributed by atoms with Crippen molar-refractivity contribution in [3.8, 4) is 0 Å². The van der Waals surface area contributed by atoms with Crippen LogP contribution in [-0.4, -0.2) is 48.2 Å². The molecule has 0 unspecified atom stereocenters. The van der Waals surface area contributed by atoms with Gasteiger partial charge in [-0.2, -0.15) is 0 Å². The highest BCUT2D eigenvalue weighted by Crippen LogP contribution is 2.39. The van der Waals surface area contributed by atoms with Gasteiger partial charge in [0.1, 0.15) is 5.65 Å². The lowest BCUT2D eigenvalue weighted by atomic mass is 9.87.